The zero-order valence-corrected chi connectivity index (χ0v) is 19.7. The van der Waals surface area contributed by atoms with Crippen molar-refractivity contribution in [2.45, 2.75) is 69.7 Å². The number of halogens is 3. The normalized spacial score (nSPS) is 30.2. The van der Waals surface area contributed by atoms with Gasteiger partial charge in [-0.05, 0) is 69.6 Å². The third kappa shape index (κ3) is 4.57. The van der Waals surface area contributed by atoms with Crippen molar-refractivity contribution < 1.29 is 32.6 Å². The predicted molar refractivity (Wildman–Crippen MR) is 123 cm³/mol. The van der Waals surface area contributed by atoms with Crippen LogP contribution in [0.2, 0.25) is 0 Å². The van der Waals surface area contributed by atoms with Crippen molar-refractivity contribution in [2.75, 3.05) is 42.6 Å². The molecule has 1 aromatic carbocycles. The molecule has 10 heteroatoms. The third-order valence-corrected chi connectivity index (χ3v) is 8.14. The first-order valence-electron chi connectivity index (χ1n) is 12.6. The Bertz CT molecular complexity index is 979. The summed E-state index contributed by atoms with van der Waals surface area (Å²) in [5.74, 6) is 0.0461. The van der Waals surface area contributed by atoms with Gasteiger partial charge in [0.25, 0.3) is 0 Å². The van der Waals surface area contributed by atoms with Gasteiger partial charge in [-0.25, -0.2) is 4.79 Å². The smallest absolute Gasteiger partial charge is 0.418 e. The predicted octanol–water partition coefficient (Wildman–Crippen LogP) is 4.17. The van der Waals surface area contributed by atoms with Crippen LogP contribution in [0, 0.1) is 5.41 Å². The summed E-state index contributed by atoms with van der Waals surface area (Å²) in [6.07, 6.45) is -0.143. The average molecular weight is 496 g/mol. The van der Waals surface area contributed by atoms with Crippen LogP contribution in [0.4, 0.5) is 29.3 Å². The van der Waals surface area contributed by atoms with Crippen molar-refractivity contribution in [1.29, 1.82) is 0 Å². The number of aliphatic hydroxyl groups excluding tert-OH is 1. The summed E-state index contributed by atoms with van der Waals surface area (Å²) in [6, 6.07) is 4.10. The van der Waals surface area contributed by atoms with Gasteiger partial charge in [0.2, 0.25) is 5.91 Å². The van der Waals surface area contributed by atoms with E-state index < -0.39 is 23.2 Å². The van der Waals surface area contributed by atoms with Crippen molar-refractivity contribution in [3.8, 4) is 0 Å². The Kier molecular flexibility index (Phi) is 6.35. The lowest BCUT2D eigenvalue weighted by Crippen LogP contribution is -2.50. The van der Waals surface area contributed by atoms with E-state index in [1.807, 2.05) is 4.90 Å². The van der Waals surface area contributed by atoms with Gasteiger partial charge in [0, 0.05) is 43.6 Å². The molecule has 1 atom stereocenters. The van der Waals surface area contributed by atoms with Crippen LogP contribution in [0.1, 0.15) is 56.9 Å². The molecule has 0 radical (unpaired) electrons. The Morgan fingerprint density at radius 2 is 1.77 bits per heavy atom. The number of anilines is 2. The number of nitrogens with zero attached hydrogens (tertiary/aromatic N) is 3. The van der Waals surface area contributed by atoms with E-state index in [0.717, 1.165) is 18.9 Å². The first-order valence-corrected chi connectivity index (χ1v) is 12.6. The van der Waals surface area contributed by atoms with E-state index in [1.165, 1.54) is 17.0 Å². The molecule has 4 aliphatic rings. The molecular weight excluding hydrogens is 463 g/mol. The quantitative estimate of drug-likeness (QED) is 0.681. The number of hydrogen-bond acceptors (Lipinski definition) is 5. The van der Waals surface area contributed by atoms with Gasteiger partial charge in [-0.3, -0.25) is 9.69 Å². The summed E-state index contributed by atoms with van der Waals surface area (Å²) in [6.45, 7) is 1.90. The molecule has 1 spiro atoms. The first-order chi connectivity index (χ1) is 16.7. The van der Waals surface area contributed by atoms with E-state index in [2.05, 4.69) is 0 Å². The number of amides is 2. The van der Waals surface area contributed by atoms with Crippen molar-refractivity contribution in [3.63, 3.8) is 0 Å². The molecule has 3 aliphatic heterocycles. The lowest BCUT2D eigenvalue weighted by atomic mass is 9.78. The van der Waals surface area contributed by atoms with Crippen LogP contribution in [0.5, 0.6) is 0 Å². The number of benzene rings is 1. The second-order valence-corrected chi connectivity index (χ2v) is 10.3. The fraction of sp³-hybridized carbons (Fsp3) is 0.680. The zero-order chi connectivity index (χ0) is 24.8. The molecule has 0 bridgehead atoms. The second-order valence-electron chi connectivity index (χ2n) is 10.3. The molecule has 1 aromatic rings. The maximum atomic E-state index is 14.2. The highest BCUT2D eigenvalue weighted by molar-refractivity contribution is 5.89. The van der Waals surface area contributed by atoms with E-state index in [9.17, 15) is 27.9 Å². The minimum atomic E-state index is -4.61. The molecular formula is C25H32F3N3O4. The molecule has 2 amide bonds. The van der Waals surface area contributed by atoms with Crippen LogP contribution in [0.3, 0.4) is 0 Å². The second kappa shape index (κ2) is 9.19. The van der Waals surface area contributed by atoms with Gasteiger partial charge in [0.05, 0.1) is 23.7 Å². The number of aliphatic hydroxyl groups is 1. The lowest BCUT2D eigenvalue weighted by molar-refractivity contribution is -0.139. The zero-order valence-electron chi connectivity index (χ0n) is 19.7. The number of alkyl halides is 3. The van der Waals surface area contributed by atoms with Crippen LogP contribution in [-0.2, 0) is 15.7 Å². The van der Waals surface area contributed by atoms with Crippen molar-refractivity contribution in [2.24, 2.45) is 5.41 Å². The number of hydrogen-bond donors (Lipinski definition) is 1. The maximum Gasteiger partial charge on any atom is 0.418 e. The molecule has 5 rings (SSSR count). The summed E-state index contributed by atoms with van der Waals surface area (Å²) < 4.78 is 47.5. The Hall–Kier alpha value is -2.49. The van der Waals surface area contributed by atoms with Gasteiger partial charge in [-0.15, -0.1) is 0 Å². The summed E-state index contributed by atoms with van der Waals surface area (Å²) >= 11 is 0. The Morgan fingerprint density at radius 1 is 1.00 bits per heavy atom. The van der Waals surface area contributed by atoms with Gasteiger partial charge in [-0.2, -0.15) is 13.2 Å². The number of carbonyl (C=O) groups is 2. The third-order valence-electron chi connectivity index (χ3n) is 8.14. The van der Waals surface area contributed by atoms with Crippen molar-refractivity contribution in [1.82, 2.24) is 4.90 Å². The fourth-order valence-electron chi connectivity index (χ4n) is 6.26. The van der Waals surface area contributed by atoms with Gasteiger partial charge >= 0.3 is 12.3 Å². The van der Waals surface area contributed by atoms with Crippen LogP contribution in [0.25, 0.3) is 0 Å². The highest BCUT2D eigenvalue weighted by Gasteiger charge is 2.51. The highest BCUT2D eigenvalue weighted by atomic mass is 19.4. The average Bonchev–Trinajstić information content (AvgIpc) is 3.14. The minimum Gasteiger partial charge on any atom is -0.449 e. The SMILES string of the molecule is O=C1OCCCN1c1ccc(N2CCC[C@]3(CCN(C4CCC(O)CC4)C3=O)C2)c(C(F)(F)F)c1. The van der Waals surface area contributed by atoms with Crippen LogP contribution >= 0.6 is 0 Å². The number of likely N-dealkylation sites (tertiary alicyclic amines) is 1. The molecule has 1 N–H and O–H groups in total. The van der Waals surface area contributed by atoms with Gasteiger partial charge in [0.15, 0.2) is 0 Å². The van der Waals surface area contributed by atoms with Crippen LogP contribution in [-0.4, -0.2) is 66.9 Å². The molecule has 0 unspecified atom stereocenters. The van der Waals surface area contributed by atoms with E-state index in [-0.39, 0.29) is 42.6 Å². The van der Waals surface area contributed by atoms with Gasteiger partial charge in [-0.1, -0.05) is 0 Å². The number of piperidine rings is 1. The lowest BCUT2D eigenvalue weighted by Gasteiger charge is -2.42. The topological polar surface area (TPSA) is 73.3 Å². The Labute approximate surface area is 202 Å². The van der Waals surface area contributed by atoms with Gasteiger partial charge < -0.3 is 19.6 Å². The molecule has 35 heavy (non-hydrogen) atoms. The molecule has 7 nitrogen and oxygen atoms in total. The highest BCUT2D eigenvalue weighted by Crippen LogP contribution is 2.46. The molecule has 1 aliphatic carbocycles. The Morgan fingerprint density at radius 3 is 2.49 bits per heavy atom. The largest absolute Gasteiger partial charge is 0.449 e. The summed E-state index contributed by atoms with van der Waals surface area (Å²) in [4.78, 5) is 30.5. The molecule has 3 heterocycles. The van der Waals surface area contributed by atoms with Crippen molar-refractivity contribution >= 4 is 23.4 Å². The number of rotatable bonds is 3. The molecule has 192 valence electrons. The summed E-state index contributed by atoms with van der Waals surface area (Å²) in [7, 11) is 0. The van der Waals surface area contributed by atoms with E-state index in [1.54, 1.807) is 4.90 Å². The monoisotopic (exact) mass is 495 g/mol. The number of carbonyl (C=O) groups excluding carboxylic acids is 2. The standard InChI is InChI=1S/C25H32F3N3O4/c26-25(27,28)20-15-18(31-12-2-14-35-23(31)34)5-8-21(20)29-11-1-9-24(16-29)10-13-30(22(24)33)17-3-6-19(32)7-4-17/h5,8,15,17,19,32H,1-4,6-7,9-14,16H2/t17?,19?,24-/m0/s1. The summed E-state index contributed by atoms with van der Waals surface area (Å²) in [5, 5.41) is 9.82. The number of cyclic esters (lactones) is 1. The van der Waals surface area contributed by atoms with Crippen molar-refractivity contribution in [3.05, 3.63) is 23.8 Å². The minimum absolute atomic E-state index is 0.0461. The molecule has 1 saturated carbocycles. The molecule has 0 aromatic heterocycles. The molecule has 3 saturated heterocycles. The maximum absolute atomic E-state index is 14.2. The van der Waals surface area contributed by atoms with Gasteiger partial charge in [0.1, 0.15) is 0 Å². The van der Waals surface area contributed by atoms with E-state index in [0.29, 0.717) is 58.2 Å². The van der Waals surface area contributed by atoms with E-state index >= 15 is 0 Å². The number of ether oxygens (including phenoxy) is 1. The summed E-state index contributed by atoms with van der Waals surface area (Å²) in [5.41, 5.74) is -1.25. The van der Waals surface area contributed by atoms with Crippen LogP contribution in [0.15, 0.2) is 18.2 Å². The Balaban J connectivity index is 1.39. The molecule has 4 fully saturated rings. The van der Waals surface area contributed by atoms with Crippen LogP contribution < -0.4 is 9.80 Å². The van der Waals surface area contributed by atoms with E-state index in [4.69, 9.17) is 4.74 Å². The first kappa shape index (κ1) is 24.2. The fourth-order valence-corrected chi connectivity index (χ4v) is 6.26.